The third-order valence-electron chi connectivity index (χ3n) is 4.30. The summed E-state index contributed by atoms with van der Waals surface area (Å²) < 4.78 is 11.5. The Labute approximate surface area is 123 Å². The zero-order valence-electron chi connectivity index (χ0n) is 11.3. The molecule has 3 heterocycles. The van der Waals surface area contributed by atoms with Gasteiger partial charge in [0.2, 0.25) is 0 Å². The van der Waals surface area contributed by atoms with Gasteiger partial charge in [-0.3, -0.25) is 0 Å². The van der Waals surface area contributed by atoms with Gasteiger partial charge in [-0.05, 0) is 12.8 Å². The molecule has 3 fully saturated rings. The first kappa shape index (κ1) is 12.8. The van der Waals surface area contributed by atoms with Gasteiger partial charge in [-0.25, -0.2) is 9.97 Å². The smallest absolute Gasteiger partial charge is 0.171 e. The van der Waals surface area contributed by atoms with Crippen molar-refractivity contribution >= 4 is 17.4 Å². The SMILES string of the molecule is Clc1cc(N2CCC3(CC2)OCCO3)nc(C2CC2)n1. The molecule has 0 bridgehead atoms. The molecule has 6 heteroatoms. The molecular weight excluding hydrogens is 278 g/mol. The van der Waals surface area contributed by atoms with Gasteiger partial charge in [0.05, 0.1) is 13.2 Å². The quantitative estimate of drug-likeness (QED) is 0.784. The molecule has 5 nitrogen and oxygen atoms in total. The molecule has 2 aliphatic heterocycles. The van der Waals surface area contributed by atoms with Crippen LogP contribution in [0.25, 0.3) is 0 Å². The molecule has 1 aromatic rings. The average molecular weight is 296 g/mol. The van der Waals surface area contributed by atoms with Crippen LogP contribution >= 0.6 is 11.6 Å². The molecule has 1 saturated carbocycles. The lowest BCUT2D eigenvalue weighted by Crippen LogP contribution is -2.45. The van der Waals surface area contributed by atoms with Crippen molar-refractivity contribution in [2.75, 3.05) is 31.2 Å². The van der Waals surface area contributed by atoms with Gasteiger partial charge in [0.15, 0.2) is 5.79 Å². The van der Waals surface area contributed by atoms with E-state index in [1.807, 2.05) is 6.07 Å². The predicted molar refractivity (Wildman–Crippen MR) is 75.1 cm³/mol. The van der Waals surface area contributed by atoms with E-state index in [9.17, 15) is 0 Å². The maximum atomic E-state index is 6.13. The molecule has 1 aromatic heterocycles. The molecule has 0 aromatic carbocycles. The zero-order valence-corrected chi connectivity index (χ0v) is 12.1. The molecule has 0 N–H and O–H groups in total. The van der Waals surface area contributed by atoms with E-state index in [4.69, 9.17) is 21.1 Å². The minimum Gasteiger partial charge on any atom is -0.356 e. The summed E-state index contributed by atoms with van der Waals surface area (Å²) in [5.41, 5.74) is 0. The van der Waals surface area contributed by atoms with Gasteiger partial charge in [0, 0.05) is 37.9 Å². The van der Waals surface area contributed by atoms with Gasteiger partial charge in [-0.15, -0.1) is 0 Å². The molecule has 0 radical (unpaired) electrons. The monoisotopic (exact) mass is 295 g/mol. The van der Waals surface area contributed by atoms with E-state index in [0.717, 1.165) is 37.6 Å². The summed E-state index contributed by atoms with van der Waals surface area (Å²) in [6, 6.07) is 1.86. The second kappa shape index (κ2) is 4.83. The molecular formula is C14H18ClN3O2. The Kier molecular flexibility index (Phi) is 3.09. The maximum absolute atomic E-state index is 6.13. The van der Waals surface area contributed by atoms with E-state index < -0.39 is 0 Å². The highest BCUT2D eigenvalue weighted by atomic mass is 35.5. The van der Waals surface area contributed by atoms with Crippen molar-refractivity contribution in [3.63, 3.8) is 0 Å². The normalized spacial score (nSPS) is 25.4. The number of anilines is 1. The largest absolute Gasteiger partial charge is 0.356 e. The van der Waals surface area contributed by atoms with Crippen molar-refractivity contribution in [3.8, 4) is 0 Å². The Morgan fingerprint density at radius 2 is 1.85 bits per heavy atom. The highest BCUT2D eigenvalue weighted by Crippen LogP contribution is 2.39. The average Bonchev–Trinajstić information content (AvgIpc) is 3.22. The van der Waals surface area contributed by atoms with Gasteiger partial charge < -0.3 is 14.4 Å². The summed E-state index contributed by atoms with van der Waals surface area (Å²) in [7, 11) is 0. The number of aromatic nitrogens is 2. The third kappa shape index (κ3) is 2.38. The van der Waals surface area contributed by atoms with E-state index >= 15 is 0 Å². The lowest BCUT2D eigenvalue weighted by molar-refractivity contribution is -0.169. The van der Waals surface area contributed by atoms with E-state index in [1.165, 1.54) is 12.8 Å². The highest BCUT2D eigenvalue weighted by Gasteiger charge is 2.40. The topological polar surface area (TPSA) is 47.5 Å². The third-order valence-corrected chi connectivity index (χ3v) is 4.50. The minimum atomic E-state index is -0.341. The Morgan fingerprint density at radius 3 is 2.50 bits per heavy atom. The summed E-state index contributed by atoms with van der Waals surface area (Å²) in [4.78, 5) is 11.3. The number of ether oxygens (including phenoxy) is 2. The van der Waals surface area contributed by atoms with Crippen LogP contribution in [0.15, 0.2) is 6.07 Å². The fourth-order valence-electron chi connectivity index (χ4n) is 2.97. The molecule has 108 valence electrons. The summed E-state index contributed by atoms with van der Waals surface area (Å²) in [5, 5.41) is 0.547. The molecule has 0 atom stereocenters. The van der Waals surface area contributed by atoms with E-state index in [-0.39, 0.29) is 5.79 Å². The number of halogens is 1. The lowest BCUT2D eigenvalue weighted by Gasteiger charge is -2.38. The molecule has 4 rings (SSSR count). The van der Waals surface area contributed by atoms with Crippen molar-refractivity contribution in [2.24, 2.45) is 0 Å². The van der Waals surface area contributed by atoms with E-state index in [0.29, 0.717) is 24.3 Å². The minimum absolute atomic E-state index is 0.341. The van der Waals surface area contributed by atoms with E-state index in [1.54, 1.807) is 0 Å². The first-order valence-corrected chi connectivity index (χ1v) is 7.69. The summed E-state index contributed by atoms with van der Waals surface area (Å²) in [6.07, 6.45) is 4.13. The van der Waals surface area contributed by atoms with Gasteiger partial charge in [0.1, 0.15) is 16.8 Å². The Hall–Kier alpha value is -0.910. The molecule has 20 heavy (non-hydrogen) atoms. The summed E-state index contributed by atoms with van der Waals surface area (Å²) in [5.74, 6) is 2.03. The van der Waals surface area contributed by atoms with Crippen LogP contribution in [0.3, 0.4) is 0 Å². The van der Waals surface area contributed by atoms with Gasteiger partial charge in [-0.2, -0.15) is 0 Å². The Balaban J connectivity index is 1.51. The van der Waals surface area contributed by atoms with Gasteiger partial charge >= 0.3 is 0 Å². The Morgan fingerprint density at radius 1 is 1.15 bits per heavy atom. The summed E-state index contributed by atoms with van der Waals surface area (Å²) in [6.45, 7) is 3.20. The van der Waals surface area contributed by atoms with E-state index in [2.05, 4.69) is 14.9 Å². The first-order chi connectivity index (χ1) is 9.74. The summed E-state index contributed by atoms with van der Waals surface area (Å²) >= 11 is 6.13. The highest BCUT2D eigenvalue weighted by molar-refractivity contribution is 6.29. The zero-order chi connectivity index (χ0) is 13.6. The van der Waals surface area contributed by atoms with Crippen LogP contribution in [0.2, 0.25) is 5.15 Å². The van der Waals surface area contributed by atoms with Gasteiger partial charge in [0.25, 0.3) is 0 Å². The fraction of sp³-hybridized carbons (Fsp3) is 0.714. The number of piperidine rings is 1. The van der Waals surface area contributed by atoms with Crippen molar-refractivity contribution in [2.45, 2.75) is 37.4 Å². The Bertz CT molecular complexity index is 505. The van der Waals surface area contributed by atoms with Crippen LogP contribution in [-0.4, -0.2) is 42.1 Å². The number of nitrogens with zero attached hydrogens (tertiary/aromatic N) is 3. The van der Waals surface area contributed by atoms with Crippen molar-refractivity contribution in [1.29, 1.82) is 0 Å². The first-order valence-electron chi connectivity index (χ1n) is 7.31. The van der Waals surface area contributed by atoms with Crippen LogP contribution in [0.5, 0.6) is 0 Å². The molecule has 3 aliphatic rings. The van der Waals surface area contributed by atoms with Crippen LogP contribution in [0, 0.1) is 0 Å². The molecule has 2 saturated heterocycles. The predicted octanol–water partition coefficient (Wildman–Crippen LogP) is 2.35. The van der Waals surface area contributed by atoms with Crippen LogP contribution in [0.1, 0.15) is 37.4 Å². The second-order valence-corrected chi connectivity index (χ2v) is 6.16. The molecule has 1 spiro atoms. The molecule has 0 unspecified atom stereocenters. The molecule has 0 amide bonds. The van der Waals surface area contributed by atoms with Crippen LogP contribution < -0.4 is 4.90 Å². The number of rotatable bonds is 2. The van der Waals surface area contributed by atoms with Crippen LogP contribution in [-0.2, 0) is 9.47 Å². The lowest BCUT2D eigenvalue weighted by atomic mass is 10.0. The van der Waals surface area contributed by atoms with Crippen LogP contribution in [0.4, 0.5) is 5.82 Å². The fourth-order valence-corrected chi connectivity index (χ4v) is 3.16. The van der Waals surface area contributed by atoms with Gasteiger partial charge in [-0.1, -0.05) is 11.6 Å². The number of hydrogen-bond acceptors (Lipinski definition) is 5. The maximum Gasteiger partial charge on any atom is 0.171 e. The van der Waals surface area contributed by atoms with Crippen molar-refractivity contribution in [1.82, 2.24) is 9.97 Å². The standard InChI is InChI=1S/C14H18ClN3O2/c15-11-9-12(17-13(16-11)10-1-2-10)18-5-3-14(4-6-18)19-7-8-20-14/h9-10H,1-8H2. The number of hydrogen-bond donors (Lipinski definition) is 0. The van der Waals surface area contributed by atoms with Crippen molar-refractivity contribution < 1.29 is 9.47 Å². The van der Waals surface area contributed by atoms with Crippen molar-refractivity contribution in [3.05, 3.63) is 17.0 Å². The second-order valence-electron chi connectivity index (χ2n) is 5.78. The molecule has 1 aliphatic carbocycles.